The average Bonchev–Trinajstić information content (AvgIpc) is 2.34. The highest BCUT2D eigenvalue weighted by atomic mass is 32.1. The van der Waals surface area contributed by atoms with Gasteiger partial charge in [-0.1, -0.05) is 36.5 Å². The number of phenols is 1. The van der Waals surface area contributed by atoms with Crippen LogP contribution in [0.1, 0.15) is 5.56 Å². The molecule has 0 atom stereocenters. The molecule has 0 aliphatic carbocycles. The normalized spacial score (nSPS) is 10.2. The van der Waals surface area contributed by atoms with E-state index < -0.39 is 11.6 Å². The summed E-state index contributed by atoms with van der Waals surface area (Å²) in [6.45, 7) is 0. The van der Waals surface area contributed by atoms with Crippen molar-refractivity contribution in [3.05, 3.63) is 53.6 Å². The largest absolute Gasteiger partial charge is 0.508 e. The summed E-state index contributed by atoms with van der Waals surface area (Å²) in [4.78, 5) is 0. The predicted molar refractivity (Wildman–Crippen MR) is 66.2 cm³/mol. The van der Waals surface area contributed by atoms with Crippen molar-refractivity contribution < 1.29 is 13.9 Å². The van der Waals surface area contributed by atoms with Crippen LogP contribution in [0.2, 0.25) is 0 Å². The van der Waals surface area contributed by atoms with Gasteiger partial charge < -0.3 is 5.11 Å². The minimum absolute atomic E-state index is 0.0263. The Morgan fingerprint density at radius 3 is 2.29 bits per heavy atom. The molecule has 0 fully saturated rings. The number of hydrogen-bond donors (Lipinski definition) is 1. The van der Waals surface area contributed by atoms with Gasteiger partial charge in [0.25, 0.3) is 0 Å². The van der Waals surface area contributed by atoms with E-state index in [-0.39, 0.29) is 11.3 Å². The van der Waals surface area contributed by atoms with Crippen LogP contribution in [0.3, 0.4) is 0 Å². The molecule has 0 aliphatic rings. The van der Waals surface area contributed by atoms with E-state index in [9.17, 15) is 13.9 Å². The highest BCUT2D eigenvalue weighted by Crippen LogP contribution is 2.28. The summed E-state index contributed by atoms with van der Waals surface area (Å²) in [5, 5.41) is 10.7. The van der Waals surface area contributed by atoms with Gasteiger partial charge in [0, 0.05) is 17.0 Å². The molecule has 0 saturated heterocycles. The molecule has 1 N–H and O–H groups in total. The first kappa shape index (κ1) is 11.7. The van der Waals surface area contributed by atoms with Gasteiger partial charge in [0.1, 0.15) is 5.75 Å². The van der Waals surface area contributed by atoms with Gasteiger partial charge in [0.15, 0.2) is 11.6 Å². The van der Waals surface area contributed by atoms with E-state index in [4.69, 9.17) is 12.2 Å². The highest BCUT2D eigenvalue weighted by molar-refractivity contribution is 7.79. The predicted octanol–water partition coefficient (Wildman–Crippen LogP) is 3.69. The second-order valence-corrected chi connectivity index (χ2v) is 3.76. The highest BCUT2D eigenvalue weighted by Gasteiger charge is 2.12. The molecule has 0 aliphatic heterocycles. The number of hydrogen-bond acceptors (Lipinski definition) is 2. The third-order valence-corrected chi connectivity index (χ3v) is 2.64. The molecule has 2 aromatic rings. The van der Waals surface area contributed by atoms with Crippen molar-refractivity contribution in [3.63, 3.8) is 0 Å². The maximum atomic E-state index is 13.5. The van der Waals surface area contributed by atoms with Crippen LogP contribution in [0.5, 0.6) is 5.75 Å². The standard InChI is InChI=1S/C13H8F2OS/c14-12-6-10(16)5-11(13(12)15)9-3-1-8(7-17)2-4-9/h1-7,16H. The lowest BCUT2D eigenvalue weighted by molar-refractivity contribution is 0.456. The first-order valence-electron chi connectivity index (χ1n) is 4.85. The number of thiocarbonyl (C=S) groups is 1. The first-order valence-corrected chi connectivity index (χ1v) is 5.32. The number of phenolic OH excluding ortho intramolecular Hbond substituents is 1. The topological polar surface area (TPSA) is 20.2 Å². The van der Waals surface area contributed by atoms with Gasteiger partial charge in [-0.2, -0.15) is 0 Å². The summed E-state index contributed by atoms with van der Waals surface area (Å²) in [5.41, 5.74) is 1.32. The van der Waals surface area contributed by atoms with Gasteiger partial charge in [0.2, 0.25) is 0 Å². The molecule has 0 aromatic heterocycles. The summed E-state index contributed by atoms with van der Waals surface area (Å²) in [6.07, 6.45) is 0. The quantitative estimate of drug-likeness (QED) is 0.820. The fourth-order valence-corrected chi connectivity index (χ4v) is 1.68. The molecule has 0 radical (unpaired) electrons. The third-order valence-electron chi connectivity index (χ3n) is 2.37. The van der Waals surface area contributed by atoms with Gasteiger partial charge in [-0.3, -0.25) is 0 Å². The summed E-state index contributed by atoms with van der Waals surface area (Å²) >= 11 is 4.75. The van der Waals surface area contributed by atoms with E-state index in [1.54, 1.807) is 24.3 Å². The van der Waals surface area contributed by atoms with Crippen molar-refractivity contribution in [1.82, 2.24) is 0 Å². The zero-order valence-corrected chi connectivity index (χ0v) is 9.47. The minimum Gasteiger partial charge on any atom is -0.508 e. The third kappa shape index (κ3) is 2.31. The van der Waals surface area contributed by atoms with Crippen LogP contribution in [0.4, 0.5) is 8.78 Å². The van der Waals surface area contributed by atoms with Crippen molar-refractivity contribution in [3.8, 4) is 16.9 Å². The Hall–Kier alpha value is -1.81. The molecule has 17 heavy (non-hydrogen) atoms. The Morgan fingerprint density at radius 2 is 1.71 bits per heavy atom. The van der Waals surface area contributed by atoms with E-state index in [1.165, 1.54) is 11.4 Å². The number of aromatic hydroxyl groups is 1. The summed E-state index contributed by atoms with van der Waals surface area (Å²) in [5.74, 6) is -2.35. The monoisotopic (exact) mass is 250 g/mol. The fourth-order valence-electron chi connectivity index (χ4n) is 1.53. The summed E-state index contributed by atoms with van der Waals surface area (Å²) < 4.78 is 26.6. The van der Waals surface area contributed by atoms with Crippen LogP contribution >= 0.6 is 12.2 Å². The van der Waals surface area contributed by atoms with Crippen molar-refractivity contribution >= 4 is 17.6 Å². The number of rotatable bonds is 2. The average molecular weight is 250 g/mol. The van der Waals surface area contributed by atoms with Crippen molar-refractivity contribution in [2.24, 2.45) is 0 Å². The molecule has 0 bridgehead atoms. The van der Waals surface area contributed by atoms with E-state index in [2.05, 4.69) is 0 Å². The maximum Gasteiger partial charge on any atom is 0.166 e. The van der Waals surface area contributed by atoms with Crippen molar-refractivity contribution in [2.75, 3.05) is 0 Å². The number of benzene rings is 2. The molecule has 86 valence electrons. The maximum absolute atomic E-state index is 13.5. The van der Waals surface area contributed by atoms with E-state index >= 15 is 0 Å². The van der Waals surface area contributed by atoms with Crippen LogP contribution in [0.15, 0.2) is 36.4 Å². The van der Waals surface area contributed by atoms with Crippen LogP contribution in [0, 0.1) is 11.6 Å². The molecule has 0 heterocycles. The molecule has 2 aromatic carbocycles. The SMILES string of the molecule is Oc1cc(F)c(F)c(-c2ccc(C=S)cc2)c1. The Balaban J connectivity index is 2.55. The molecule has 0 amide bonds. The van der Waals surface area contributed by atoms with E-state index in [0.29, 0.717) is 5.56 Å². The molecule has 1 nitrogen and oxygen atoms in total. The van der Waals surface area contributed by atoms with Crippen molar-refractivity contribution in [1.29, 1.82) is 0 Å². The molecule has 4 heteroatoms. The Morgan fingerprint density at radius 1 is 1.06 bits per heavy atom. The molecule has 0 saturated carbocycles. The van der Waals surface area contributed by atoms with E-state index in [0.717, 1.165) is 11.6 Å². The number of halogens is 2. The zero-order valence-electron chi connectivity index (χ0n) is 8.65. The summed E-state index contributed by atoms with van der Waals surface area (Å²) in [7, 11) is 0. The van der Waals surface area contributed by atoms with Gasteiger partial charge in [-0.15, -0.1) is 0 Å². The van der Waals surface area contributed by atoms with Gasteiger partial charge in [-0.05, 0) is 17.2 Å². The van der Waals surface area contributed by atoms with Crippen LogP contribution in [-0.2, 0) is 0 Å². The molecule has 0 spiro atoms. The smallest absolute Gasteiger partial charge is 0.166 e. The Labute approximate surface area is 102 Å². The van der Waals surface area contributed by atoms with Gasteiger partial charge >= 0.3 is 0 Å². The Bertz CT molecular complexity index is 564. The lowest BCUT2D eigenvalue weighted by Gasteiger charge is -2.05. The zero-order chi connectivity index (χ0) is 12.4. The Kier molecular flexibility index (Phi) is 3.15. The second-order valence-electron chi connectivity index (χ2n) is 3.53. The minimum atomic E-state index is -1.07. The summed E-state index contributed by atoms with van der Waals surface area (Å²) in [6, 6.07) is 8.56. The van der Waals surface area contributed by atoms with Gasteiger partial charge in [-0.25, -0.2) is 8.78 Å². The lowest BCUT2D eigenvalue weighted by Crippen LogP contribution is -1.90. The van der Waals surface area contributed by atoms with Crippen LogP contribution < -0.4 is 0 Å². The van der Waals surface area contributed by atoms with Crippen LogP contribution in [-0.4, -0.2) is 10.5 Å². The first-order chi connectivity index (χ1) is 8.11. The molecule has 2 rings (SSSR count). The fraction of sp³-hybridized carbons (Fsp3) is 0. The van der Waals surface area contributed by atoms with Crippen LogP contribution in [0.25, 0.3) is 11.1 Å². The lowest BCUT2D eigenvalue weighted by atomic mass is 10.0. The molecular formula is C13H8F2OS. The molecule has 0 unspecified atom stereocenters. The molecular weight excluding hydrogens is 242 g/mol. The van der Waals surface area contributed by atoms with Gasteiger partial charge in [0.05, 0.1) is 0 Å². The van der Waals surface area contributed by atoms with Crippen molar-refractivity contribution in [2.45, 2.75) is 0 Å². The van der Waals surface area contributed by atoms with E-state index in [1.807, 2.05) is 0 Å². The second kappa shape index (κ2) is 4.59.